The summed E-state index contributed by atoms with van der Waals surface area (Å²) in [7, 11) is 0. The molecule has 1 aliphatic carbocycles. The van der Waals surface area contributed by atoms with Crippen LogP contribution in [0.3, 0.4) is 0 Å². The second-order valence-electron chi connectivity index (χ2n) is 7.76. The van der Waals surface area contributed by atoms with Crippen LogP contribution in [0.1, 0.15) is 42.7 Å². The minimum Gasteiger partial charge on any atom is -0.378 e. The highest BCUT2D eigenvalue weighted by atomic mass is 32.1. The topological polar surface area (TPSA) is 34.6 Å². The van der Waals surface area contributed by atoms with Gasteiger partial charge in [-0.05, 0) is 63.5 Å². The molecule has 1 spiro atoms. The van der Waals surface area contributed by atoms with Gasteiger partial charge in [0.25, 0.3) is 0 Å². The van der Waals surface area contributed by atoms with Gasteiger partial charge in [-0.2, -0.15) is 0 Å². The zero-order valence-electron chi connectivity index (χ0n) is 14.1. The lowest BCUT2D eigenvalue weighted by Gasteiger charge is -2.38. The van der Waals surface area contributed by atoms with Crippen LogP contribution >= 0.6 is 11.3 Å². The molecule has 2 aliphatic heterocycles. The number of hydrogen-bond donors (Lipinski definition) is 0. The molecule has 3 heterocycles. The second kappa shape index (κ2) is 6.79. The Hall–Kier alpha value is -0.490. The van der Waals surface area contributed by atoms with Gasteiger partial charge in [-0.25, -0.2) is 4.98 Å². The van der Waals surface area contributed by atoms with Gasteiger partial charge in [0.1, 0.15) is 0 Å². The van der Waals surface area contributed by atoms with Crippen LogP contribution in [0.5, 0.6) is 0 Å². The van der Waals surface area contributed by atoms with E-state index in [1.165, 1.54) is 55.8 Å². The molecular weight excluding hydrogens is 308 g/mol. The maximum absolute atomic E-state index is 6.06. The summed E-state index contributed by atoms with van der Waals surface area (Å²) in [5, 5.41) is 0. The Morgan fingerprint density at radius 2 is 2.17 bits per heavy atom. The van der Waals surface area contributed by atoms with Crippen molar-refractivity contribution in [2.45, 2.75) is 51.7 Å². The van der Waals surface area contributed by atoms with Crippen LogP contribution in [0.15, 0.2) is 5.51 Å². The van der Waals surface area contributed by atoms with E-state index >= 15 is 0 Å². The van der Waals surface area contributed by atoms with E-state index in [9.17, 15) is 0 Å². The fourth-order valence-corrected chi connectivity index (χ4v) is 4.69. The van der Waals surface area contributed by atoms with E-state index in [-0.39, 0.29) is 0 Å². The number of aromatic nitrogens is 1. The zero-order valence-corrected chi connectivity index (χ0v) is 14.9. The summed E-state index contributed by atoms with van der Waals surface area (Å²) in [6.07, 6.45) is 6.80. The second-order valence-corrected chi connectivity index (χ2v) is 8.69. The average Bonchev–Trinajstić information content (AvgIpc) is 3.17. The number of likely N-dealkylation sites (tertiary alicyclic amines) is 1. The predicted octanol–water partition coefficient (Wildman–Crippen LogP) is 3.25. The largest absolute Gasteiger partial charge is 0.378 e. The molecule has 128 valence electrons. The van der Waals surface area contributed by atoms with Gasteiger partial charge < -0.3 is 9.47 Å². The first kappa shape index (κ1) is 16.0. The number of piperidine rings is 1. The normalized spacial score (nSPS) is 27.8. The smallest absolute Gasteiger partial charge is 0.0814 e. The third-order valence-electron chi connectivity index (χ3n) is 5.77. The fourth-order valence-electron chi connectivity index (χ4n) is 3.87. The molecule has 1 saturated carbocycles. The van der Waals surface area contributed by atoms with Crippen LogP contribution in [-0.2, 0) is 16.0 Å². The molecule has 1 atom stereocenters. The molecule has 2 saturated heterocycles. The Morgan fingerprint density at radius 3 is 2.87 bits per heavy atom. The van der Waals surface area contributed by atoms with Gasteiger partial charge in [0, 0.05) is 18.0 Å². The van der Waals surface area contributed by atoms with Crippen molar-refractivity contribution in [1.29, 1.82) is 0 Å². The summed E-state index contributed by atoms with van der Waals surface area (Å²) in [6.45, 7) is 8.27. The van der Waals surface area contributed by atoms with E-state index in [1.54, 1.807) is 11.3 Å². The van der Waals surface area contributed by atoms with E-state index in [4.69, 9.17) is 9.47 Å². The third-order valence-corrected chi connectivity index (χ3v) is 6.69. The summed E-state index contributed by atoms with van der Waals surface area (Å²) in [5.41, 5.74) is 3.59. The van der Waals surface area contributed by atoms with Crippen LogP contribution < -0.4 is 0 Å². The van der Waals surface area contributed by atoms with Crippen molar-refractivity contribution in [2.75, 3.05) is 32.9 Å². The number of hydrogen-bond acceptors (Lipinski definition) is 5. The van der Waals surface area contributed by atoms with Crippen molar-refractivity contribution in [1.82, 2.24) is 9.88 Å². The summed E-state index contributed by atoms with van der Waals surface area (Å²) >= 11 is 1.79. The molecule has 3 fully saturated rings. The maximum Gasteiger partial charge on any atom is 0.0814 e. The van der Waals surface area contributed by atoms with Crippen LogP contribution in [0, 0.1) is 18.3 Å². The Labute approximate surface area is 143 Å². The lowest BCUT2D eigenvalue weighted by atomic mass is 9.76. The molecule has 5 heteroatoms. The highest BCUT2D eigenvalue weighted by Gasteiger charge is 2.42. The maximum atomic E-state index is 6.06. The van der Waals surface area contributed by atoms with Crippen molar-refractivity contribution in [2.24, 2.45) is 11.3 Å². The van der Waals surface area contributed by atoms with Gasteiger partial charge in [0.2, 0.25) is 0 Å². The molecule has 4 rings (SSSR count). The molecule has 0 bridgehead atoms. The molecule has 23 heavy (non-hydrogen) atoms. The van der Waals surface area contributed by atoms with Crippen molar-refractivity contribution in [3.8, 4) is 0 Å². The van der Waals surface area contributed by atoms with Crippen molar-refractivity contribution in [3.63, 3.8) is 0 Å². The third kappa shape index (κ3) is 3.95. The first-order valence-electron chi connectivity index (χ1n) is 9.03. The van der Waals surface area contributed by atoms with Gasteiger partial charge >= 0.3 is 0 Å². The van der Waals surface area contributed by atoms with E-state index in [2.05, 4.69) is 16.8 Å². The van der Waals surface area contributed by atoms with Crippen LogP contribution in [0.4, 0.5) is 0 Å². The lowest BCUT2D eigenvalue weighted by Crippen LogP contribution is -2.40. The molecule has 0 N–H and O–H groups in total. The fraction of sp³-hybridized carbons (Fsp3) is 0.833. The van der Waals surface area contributed by atoms with Gasteiger partial charge in [-0.3, -0.25) is 4.90 Å². The van der Waals surface area contributed by atoms with Crippen molar-refractivity contribution >= 4 is 11.3 Å². The molecule has 0 amide bonds. The predicted molar refractivity (Wildman–Crippen MR) is 91.7 cm³/mol. The first-order chi connectivity index (χ1) is 11.2. The number of ether oxygens (including phenoxy) is 2. The number of aryl methyl sites for hydroxylation is 1. The van der Waals surface area contributed by atoms with E-state index in [0.29, 0.717) is 11.5 Å². The summed E-state index contributed by atoms with van der Waals surface area (Å²) in [4.78, 5) is 8.38. The zero-order chi connectivity index (χ0) is 15.7. The molecule has 0 radical (unpaired) electrons. The van der Waals surface area contributed by atoms with Crippen LogP contribution in [0.25, 0.3) is 0 Å². The SMILES string of the molecule is Cc1ncsc1CN1CCC2(CC1)COC(COCC1CC1)C2. The van der Waals surface area contributed by atoms with E-state index in [1.807, 2.05) is 5.51 Å². The Kier molecular flexibility index (Phi) is 4.72. The van der Waals surface area contributed by atoms with E-state index in [0.717, 1.165) is 32.3 Å². The summed E-state index contributed by atoms with van der Waals surface area (Å²) in [6, 6.07) is 0. The quantitative estimate of drug-likeness (QED) is 0.799. The van der Waals surface area contributed by atoms with E-state index < -0.39 is 0 Å². The minimum absolute atomic E-state index is 0.337. The Bertz CT molecular complexity index is 521. The number of nitrogens with zero attached hydrogens (tertiary/aromatic N) is 2. The standard InChI is InChI=1S/C18H28N2O2S/c1-14-17(23-13-19-14)9-20-6-4-18(5-7-20)8-16(22-12-18)11-21-10-15-2-3-15/h13,15-16H,2-12H2,1H3. The van der Waals surface area contributed by atoms with Gasteiger partial charge in [-0.15, -0.1) is 11.3 Å². The lowest BCUT2D eigenvalue weighted by molar-refractivity contribution is 0.00919. The molecule has 4 nitrogen and oxygen atoms in total. The molecule has 3 aliphatic rings. The number of rotatable bonds is 6. The first-order valence-corrected chi connectivity index (χ1v) is 9.91. The molecular formula is C18H28N2O2S. The summed E-state index contributed by atoms with van der Waals surface area (Å²) in [5.74, 6) is 0.851. The monoisotopic (exact) mass is 336 g/mol. The highest BCUT2D eigenvalue weighted by molar-refractivity contribution is 7.09. The average molecular weight is 337 g/mol. The summed E-state index contributed by atoms with van der Waals surface area (Å²) < 4.78 is 11.9. The Balaban J connectivity index is 1.22. The van der Waals surface area contributed by atoms with Crippen molar-refractivity contribution in [3.05, 3.63) is 16.1 Å². The van der Waals surface area contributed by atoms with Crippen LogP contribution in [-0.4, -0.2) is 48.9 Å². The Morgan fingerprint density at radius 1 is 1.35 bits per heavy atom. The minimum atomic E-state index is 0.337. The van der Waals surface area contributed by atoms with Crippen LogP contribution in [0.2, 0.25) is 0 Å². The molecule has 1 aromatic heterocycles. The van der Waals surface area contributed by atoms with Crippen molar-refractivity contribution < 1.29 is 9.47 Å². The van der Waals surface area contributed by atoms with Gasteiger partial charge in [-0.1, -0.05) is 0 Å². The van der Waals surface area contributed by atoms with Gasteiger partial charge in [0.15, 0.2) is 0 Å². The van der Waals surface area contributed by atoms with Gasteiger partial charge in [0.05, 0.1) is 30.5 Å². The molecule has 0 aromatic carbocycles. The molecule has 1 unspecified atom stereocenters. The molecule has 1 aromatic rings. The highest BCUT2D eigenvalue weighted by Crippen LogP contribution is 2.42. The number of thiazole rings is 1.